The molecule has 18 heavy (non-hydrogen) atoms. The van der Waals surface area contributed by atoms with Crippen LogP contribution in [0.5, 0.6) is 0 Å². The molecule has 104 valence electrons. The van der Waals surface area contributed by atoms with Gasteiger partial charge in [0, 0.05) is 6.04 Å². The van der Waals surface area contributed by atoms with Crippen LogP contribution in [0.4, 0.5) is 0 Å². The van der Waals surface area contributed by atoms with Gasteiger partial charge >= 0.3 is 0 Å². The number of carbonyl (C=O) groups is 2. The summed E-state index contributed by atoms with van der Waals surface area (Å²) in [5.41, 5.74) is -0.782. The van der Waals surface area contributed by atoms with Crippen molar-refractivity contribution in [3.63, 3.8) is 0 Å². The summed E-state index contributed by atoms with van der Waals surface area (Å²) in [5, 5.41) is 2.77. The summed E-state index contributed by atoms with van der Waals surface area (Å²) in [6.07, 6.45) is 0.929. The number of hydrogen-bond donors (Lipinski definition) is 1. The summed E-state index contributed by atoms with van der Waals surface area (Å²) in [7, 11) is 0. The van der Waals surface area contributed by atoms with Crippen molar-refractivity contribution in [1.82, 2.24) is 10.2 Å². The first-order valence-electron chi connectivity index (χ1n) is 6.53. The van der Waals surface area contributed by atoms with Crippen LogP contribution in [0.3, 0.4) is 0 Å². The number of thioether (sulfide) groups is 1. The van der Waals surface area contributed by atoms with Gasteiger partial charge < -0.3 is 10.2 Å². The molecule has 1 N–H and O–H groups in total. The molecular formula is C13H24N2O2S. The van der Waals surface area contributed by atoms with Crippen molar-refractivity contribution in [1.29, 1.82) is 0 Å². The number of rotatable bonds is 5. The van der Waals surface area contributed by atoms with Crippen molar-refractivity contribution in [2.75, 3.05) is 11.5 Å². The van der Waals surface area contributed by atoms with E-state index in [0.717, 1.165) is 17.9 Å². The fraction of sp³-hybridized carbons (Fsp3) is 0.846. The zero-order valence-corrected chi connectivity index (χ0v) is 12.8. The van der Waals surface area contributed by atoms with Crippen LogP contribution in [0.2, 0.25) is 0 Å². The van der Waals surface area contributed by atoms with Gasteiger partial charge in [-0.25, -0.2) is 0 Å². The van der Waals surface area contributed by atoms with Gasteiger partial charge in [-0.05, 0) is 45.6 Å². The molecule has 2 amide bonds. The third-order valence-corrected chi connectivity index (χ3v) is 4.29. The lowest BCUT2D eigenvalue weighted by Crippen LogP contribution is -2.69. The van der Waals surface area contributed by atoms with E-state index in [4.69, 9.17) is 0 Å². The predicted molar refractivity (Wildman–Crippen MR) is 75.6 cm³/mol. The first-order valence-corrected chi connectivity index (χ1v) is 7.69. The molecule has 2 unspecified atom stereocenters. The number of piperazine rings is 1. The topological polar surface area (TPSA) is 49.4 Å². The normalized spacial score (nSPS) is 24.9. The van der Waals surface area contributed by atoms with Crippen LogP contribution in [-0.4, -0.2) is 45.8 Å². The lowest BCUT2D eigenvalue weighted by Gasteiger charge is -2.44. The molecule has 1 aliphatic rings. The maximum atomic E-state index is 12.4. The zero-order chi connectivity index (χ0) is 13.9. The second kappa shape index (κ2) is 5.95. The summed E-state index contributed by atoms with van der Waals surface area (Å²) >= 11 is 1.87. The van der Waals surface area contributed by atoms with E-state index in [2.05, 4.69) is 12.2 Å². The van der Waals surface area contributed by atoms with Gasteiger partial charge in [0.25, 0.3) is 0 Å². The lowest BCUT2D eigenvalue weighted by molar-refractivity contribution is -0.155. The van der Waals surface area contributed by atoms with Crippen molar-refractivity contribution in [3.05, 3.63) is 0 Å². The molecule has 0 saturated carbocycles. The van der Waals surface area contributed by atoms with E-state index in [9.17, 15) is 9.59 Å². The molecule has 5 heteroatoms. The molecule has 0 spiro atoms. The van der Waals surface area contributed by atoms with Crippen LogP contribution in [0, 0.1) is 0 Å². The molecule has 1 heterocycles. The third-order valence-electron chi connectivity index (χ3n) is 3.36. The first-order chi connectivity index (χ1) is 8.31. The Hall–Kier alpha value is -0.710. The largest absolute Gasteiger partial charge is 0.340 e. The molecule has 1 fully saturated rings. The van der Waals surface area contributed by atoms with Gasteiger partial charge in [0.2, 0.25) is 11.8 Å². The lowest BCUT2D eigenvalue weighted by atomic mass is 9.95. The van der Waals surface area contributed by atoms with E-state index >= 15 is 0 Å². The van der Waals surface area contributed by atoms with Gasteiger partial charge in [-0.1, -0.05) is 6.92 Å². The van der Waals surface area contributed by atoms with E-state index in [0.29, 0.717) is 0 Å². The second-order valence-corrected chi connectivity index (χ2v) is 6.73. The summed E-state index contributed by atoms with van der Waals surface area (Å²) in [6, 6.07) is -0.260. The van der Waals surface area contributed by atoms with Crippen LogP contribution >= 0.6 is 11.8 Å². The van der Waals surface area contributed by atoms with E-state index < -0.39 is 5.54 Å². The van der Waals surface area contributed by atoms with Crippen molar-refractivity contribution < 1.29 is 9.59 Å². The quantitative estimate of drug-likeness (QED) is 0.774. The molecule has 1 aliphatic heterocycles. The number of amides is 2. The molecule has 1 saturated heterocycles. The molecule has 0 aliphatic carbocycles. The highest BCUT2D eigenvalue weighted by molar-refractivity contribution is 7.99. The Kier molecular flexibility index (Phi) is 5.08. The summed E-state index contributed by atoms with van der Waals surface area (Å²) < 4.78 is 0. The van der Waals surface area contributed by atoms with Crippen LogP contribution in [-0.2, 0) is 9.59 Å². The Morgan fingerprint density at radius 2 is 2.06 bits per heavy atom. The minimum absolute atomic E-state index is 0.0172. The zero-order valence-electron chi connectivity index (χ0n) is 11.9. The fourth-order valence-electron chi connectivity index (χ4n) is 2.21. The highest BCUT2D eigenvalue weighted by atomic mass is 32.2. The third kappa shape index (κ3) is 3.19. The minimum Gasteiger partial charge on any atom is -0.340 e. The molecule has 0 aromatic heterocycles. The summed E-state index contributed by atoms with van der Waals surface area (Å²) in [5.74, 6) is 2.07. The second-order valence-electron chi connectivity index (χ2n) is 5.34. The van der Waals surface area contributed by atoms with Crippen molar-refractivity contribution >= 4 is 23.6 Å². The van der Waals surface area contributed by atoms with Gasteiger partial charge in [-0.3, -0.25) is 9.59 Å². The van der Waals surface area contributed by atoms with Crippen LogP contribution < -0.4 is 5.32 Å². The van der Waals surface area contributed by atoms with E-state index in [1.54, 1.807) is 25.7 Å². The maximum Gasteiger partial charge on any atom is 0.248 e. The van der Waals surface area contributed by atoms with Crippen LogP contribution in [0.15, 0.2) is 0 Å². The first kappa shape index (κ1) is 15.3. The van der Waals surface area contributed by atoms with Crippen molar-refractivity contribution in [2.24, 2.45) is 0 Å². The van der Waals surface area contributed by atoms with Crippen LogP contribution in [0.1, 0.15) is 41.0 Å². The fourth-order valence-corrected chi connectivity index (χ4v) is 3.01. The Bertz CT molecular complexity index is 331. The average molecular weight is 272 g/mol. The monoisotopic (exact) mass is 272 g/mol. The molecule has 0 bridgehead atoms. The highest BCUT2D eigenvalue weighted by Gasteiger charge is 2.44. The predicted octanol–water partition coefficient (Wildman–Crippen LogP) is 1.64. The van der Waals surface area contributed by atoms with Crippen molar-refractivity contribution in [3.8, 4) is 0 Å². The van der Waals surface area contributed by atoms with E-state index in [-0.39, 0.29) is 23.9 Å². The van der Waals surface area contributed by atoms with E-state index in [1.807, 2.05) is 18.7 Å². The Labute approximate surface area is 114 Å². The van der Waals surface area contributed by atoms with E-state index in [1.165, 1.54) is 0 Å². The number of carbonyl (C=O) groups excluding carboxylic acids is 2. The molecule has 0 aromatic carbocycles. The standard InChI is InChI=1S/C13H24N2O2S/c1-6-18-8-7-9(2)15-10(3)11(16)14-13(4,5)12(15)17/h9-10H,6-8H2,1-5H3,(H,14,16). The van der Waals surface area contributed by atoms with Crippen LogP contribution in [0.25, 0.3) is 0 Å². The Morgan fingerprint density at radius 1 is 1.44 bits per heavy atom. The number of nitrogens with one attached hydrogen (secondary N) is 1. The maximum absolute atomic E-state index is 12.4. The van der Waals surface area contributed by atoms with Gasteiger partial charge in [-0.2, -0.15) is 11.8 Å². The van der Waals surface area contributed by atoms with Gasteiger partial charge in [-0.15, -0.1) is 0 Å². The minimum atomic E-state index is -0.782. The number of nitrogens with zero attached hydrogens (tertiary/aromatic N) is 1. The summed E-state index contributed by atoms with van der Waals surface area (Å²) in [4.78, 5) is 26.0. The molecule has 4 nitrogen and oxygen atoms in total. The molecule has 1 rings (SSSR count). The number of hydrogen-bond acceptors (Lipinski definition) is 3. The molecule has 0 radical (unpaired) electrons. The van der Waals surface area contributed by atoms with Gasteiger partial charge in [0.15, 0.2) is 0 Å². The van der Waals surface area contributed by atoms with Crippen molar-refractivity contribution in [2.45, 2.75) is 58.7 Å². The smallest absolute Gasteiger partial charge is 0.248 e. The molecule has 2 atom stereocenters. The van der Waals surface area contributed by atoms with Gasteiger partial charge in [0.05, 0.1) is 0 Å². The van der Waals surface area contributed by atoms with Gasteiger partial charge in [0.1, 0.15) is 11.6 Å². The Balaban J connectivity index is 2.76. The SMILES string of the molecule is CCSCCC(C)N1C(=O)C(C)(C)NC(=O)C1C. The molecular weight excluding hydrogens is 248 g/mol. The highest BCUT2D eigenvalue weighted by Crippen LogP contribution is 2.22. The average Bonchev–Trinajstić information content (AvgIpc) is 2.27. The Morgan fingerprint density at radius 3 is 2.61 bits per heavy atom. The molecule has 0 aromatic rings. The summed E-state index contributed by atoms with van der Waals surface area (Å²) in [6.45, 7) is 9.48.